The molecule has 2 aromatic carbocycles. The number of ether oxygens (including phenoxy) is 1. The van der Waals surface area contributed by atoms with Gasteiger partial charge in [0.2, 0.25) is 5.91 Å². The molecule has 4 aromatic rings. The lowest BCUT2D eigenvalue weighted by Crippen LogP contribution is -2.49. The molecule has 4 heterocycles. The maximum atomic E-state index is 13.5. The van der Waals surface area contributed by atoms with E-state index in [-0.39, 0.29) is 23.9 Å². The van der Waals surface area contributed by atoms with Crippen molar-refractivity contribution in [3.05, 3.63) is 70.6 Å². The summed E-state index contributed by atoms with van der Waals surface area (Å²) < 4.78 is 8.91. The highest BCUT2D eigenvalue weighted by atomic mass is 32.2. The Morgan fingerprint density at radius 3 is 2.70 bits per heavy atom. The summed E-state index contributed by atoms with van der Waals surface area (Å²) in [6.45, 7) is 4.77. The smallest absolute Gasteiger partial charge is 0.265 e. The van der Waals surface area contributed by atoms with Gasteiger partial charge < -0.3 is 14.5 Å². The standard InChI is InChI=1S/C27H28N6O3S/c1-18-6-5-7-19(14-18)33-25-21(16-28-33)26(35)32-20(17-37-27(32)29-25)15-24(34)31-12-10-30(11-13-31)22-8-3-4-9-23(22)36-2/h3-9,14,16,20H,10-13,15,17H2,1-2H3. The summed E-state index contributed by atoms with van der Waals surface area (Å²) in [6, 6.07) is 15.7. The van der Waals surface area contributed by atoms with Crippen LogP contribution in [0, 0.1) is 6.92 Å². The second kappa shape index (κ2) is 9.59. The Morgan fingerprint density at radius 1 is 1.11 bits per heavy atom. The highest BCUT2D eigenvalue weighted by Gasteiger charge is 2.32. The summed E-state index contributed by atoms with van der Waals surface area (Å²) in [5, 5.41) is 5.57. The molecule has 0 saturated carbocycles. The molecule has 0 bridgehead atoms. The van der Waals surface area contributed by atoms with Crippen LogP contribution >= 0.6 is 11.8 Å². The SMILES string of the molecule is COc1ccccc1N1CCN(C(=O)CC2CSc3nc4c(cnn4-c4cccc(C)c4)c(=O)n32)CC1. The van der Waals surface area contributed by atoms with E-state index in [9.17, 15) is 9.59 Å². The van der Waals surface area contributed by atoms with Gasteiger partial charge in [-0.1, -0.05) is 36.0 Å². The number of aromatic nitrogens is 4. The first-order valence-electron chi connectivity index (χ1n) is 12.4. The maximum absolute atomic E-state index is 13.5. The minimum atomic E-state index is -0.216. The fourth-order valence-corrected chi connectivity index (χ4v) is 6.28. The molecule has 0 radical (unpaired) electrons. The number of carbonyl (C=O) groups excluding carboxylic acids is 1. The normalized spacial score (nSPS) is 17.3. The Kier molecular flexibility index (Phi) is 6.11. The van der Waals surface area contributed by atoms with Crippen LogP contribution in [0.5, 0.6) is 5.75 Å². The van der Waals surface area contributed by atoms with E-state index in [1.165, 1.54) is 11.8 Å². The van der Waals surface area contributed by atoms with Crippen LogP contribution in [-0.2, 0) is 4.79 Å². The molecule has 37 heavy (non-hydrogen) atoms. The number of para-hydroxylation sites is 2. The monoisotopic (exact) mass is 516 g/mol. The van der Waals surface area contributed by atoms with Crippen molar-refractivity contribution in [2.24, 2.45) is 0 Å². The molecular formula is C27H28N6O3S. The Hall–Kier alpha value is -3.79. The number of fused-ring (bicyclic) bond motifs is 2. The fourth-order valence-electron chi connectivity index (χ4n) is 5.15. The second-order valence-electron chi connectivity index (χ2n) is 9.41. The van der Waals surface area contributed by atoms with Crippen molar-refractivity contribution in [2.45, 2.75) is 24.5 Å². The molecule has 1 atom stereocenters. The van der Waals surface area contributed by atoms with Crippen molar-refractivity contribution in [3.63, 3.8) is 0 Å². The lowest BCUT2D eigenvalue weighted by atomic mass is 10.1. The first-order valence-corrected chi connectivity index (χ1v) is 13.4. The topological polar surface area (TPSA) is 85.5 Å². The van der Waals surface area contributed by atoms with Gasteiger partial charge >= 0.3 is 0 Å². The molecule has 1 amide bonds. The van der Waals surface area contributed by atoms with E-state index >= 15 is 0 Å². The zero-order valence-electron chi connectivity index (χ0n) is 20.8. The van der Waals surface area contributed by atoms with Gasteiger partial charge in [0, 0.05) is 38.4 Å². The zero-order chi connectivity index (χ0) is 25.5. The molecule has 10 heteroatoms. The predicted molar refractivity (Wildman–Crippen MR) is 144 cm³/mol. The van der Waals surface area contributed by atoms with Crippen LogP contribution in [-0.4, -0.2) is 69.2 Å². The third-order valence-electron chi connectivity index (χ3n) is 7.09. The van der Waals surface area contributed by atoms with Crippen LogP contribution in [0.15, 0.2) is 64.7 Å². The van der Waals surface area contributed by atoms with E-state index in [0.717, 1.165) is 35.8 Å². The number of benzene rings is 2. The Bertz CT molecular complexity index is 1540. The van der Waals surface area contributed by atoms with Gasteiger partial charge in [-0.2, -0.15) is 5.10 Å². The van der Waals surface area contributed by atoms with Crippen molar-refractivity contribution in [1.82, 2.24) is 24.2 Å². The quantitative estimate of drug-likeness (QED) is 0.376. The molecule has 9 nitrogen and oxygen atoms in total. The number of methoxy groups -OCH3 is 1. The van der Waals surface area contributed by atoms with E-state index in [4.69, 9.17) is 9.72 Å². The highest BCUT2D eigenvalue weighted by molar-refractivity contribution is 7.99. The van der Waals surface area contributed by atoms with Crippen molar-refractivity contribution in [3.8, 4) is 11.4 Å². The first kappa shape index (κ1) is 23.6. The number of amides is 1. The molecule has 6 rings (SSSR count). The average Bonchev–Trinajstić information content (AvgIpc) is 3.53. The van der Waals surface area contributed by atoms with Gasteiger partial charge in [-0.3, -0.25) is 14.2 Å². The van der Waals surface area contributed by atoms with E-state index in [1.807, 2.05) is 60.4 Å². The van der Waals surface area contributed by atoms with Crippen LogP contribution < -0.4 is 15.2 Å². The molecule has 1 unspecified atom stereocenters. The zero-order valence-corrected chi connectivity index (χ0v) is 21.6. The van der Waals surface area contributed by atoms with E-state index < -0.39 is 0 Å². The average molecular weight is 517 g/mol. The Labute approximate surface area is 218 Å². The van der Waals surface area contributed by atoms with Gasteiger partial charge in [0.1, 0.15) is 11.1 Å². The lowest BCUT2D eigenvalue weighted by Gasteiger charge is -2.37. The third kappa shape index (κ3) is 4.25. The highest BCUT2D eigenvalue weighted by Crippen LogP contribution is 2.34. The number of piperazine rings is 1. The predicted octanol–water partition coefficient (Wildman–Crippen LogP) is 3.28. The number of hydrogen-bond acceptors (Lipinski definition) is 7. The van der Waals surface area contributed by atoms with Crippen LogP contribution in [0.4, 0.5) is 5.69 Å². The molecule has 0 spiro atoms. The number of rotatable bonds is 5. The van der Waals surface area contributed by atoms with Crippen LogP contribution in [0.3, 0.4) is 0 Å². The number of anilines is 1. The summed E-state index contributed by atoms with van der Waals surface area (Å²) in [4.78, 5) is 35.7. The van der Waals surface area contributed by atoms with Gasteiger partial charge in [0.05, 0.1) is 30.7 Å². The van der Waals surface area contributed by atoms with Gasteiger partial charge in [-0.15, -0.1) is 0 Å². The molecule has 2 aliphatic rings. The summed E-state index contributed by atoms with van der Waals surface area (Å²) in [5.74, 6) is 1.56. The first-order chi connectivity index (χ1) is 18.0. The maximum Gasteiger partial charge on any atom is 0.265 e. The van der Waals surface area contributed by atoms with Crippen molar-refractivity contribution in [1.29, 1.82) is 0 Å². The number of carbonyl (C=O) groups is 1. The van der Waals surface area contributed by atoms with Gasteiger partial charge in [0.15, 0.2) is 10.8 Å². The summed E-state index contributed by atoms with van der Waals surface area (Å²) in [6.07, 6.45) is 1.87. The van der Waals surface area contributed by atoms with Crippen molar-refractivity contribution >= 4 is 34.4 Å². The van der Waals surface area contributed by atoms with Crippen LogP contribution in [0.1, 0.15) is 18.0 Å². The molecule has 1 saturated heterocycles. The van der Waals surface area contributed by atoms with Gasteiger partial charge in [-0.25, -0.2) is 9.67 Å². The third-order valence-corrected chi connectivity index (χ3v) is 8.18. The second-order valence-corrected chi connectivity index (χ2v) is 10.4. The molecule has 0 aliphatic carbocycles. The largest absolute Gasteiger partial charge is 0.495 e. The molecule has 0 N–H and O–H groups in total. The van der Waals surface area contributed by atoms with Crippen LogP contribution in [0.25, 0.3) is 16.7 Å². The lowest BCUT2D eigenvalue weighted by molar-refractivity contribution is -0.132. The number of aryl methyl sites for hydroxylation is 1. The summed E-state index contributed by atoms with van der Waals surface area (Å²) >= 11 is 1.52. The summed E-state index contributed by atoms with van der Waals surface area (Å²) in [7, 11) is 1.67. The molecule has 2 aromatic heterocycles. The Morgan fingerprint density at radius 2 is 1.92 bits per heavy atom. The van der Waals surface area contributed by atoms with Crippen molar-refractivity contribution in [2.75, 3.05) is 43.9 Å². The molecule has 190 valence electrons. The summed E-state index contributed by atoms with van der Waals surface area (Å²) in [5.41, 5.74) is 3.44. The number of hydrogen-bond donors (Lipinski definition) is 0. The molecular weight excluding hydrogens is 488 g/mol. The number of nitrogens with zero attached hydrogens (tertiary/aromatic N) is 6. The fraction of sp³-hybridized carbons (Fsp3) is 0.333. The van der Waals surface area contributed by atoms with Crippen molar-refractivity contribution < 1.29 is 9.53 Å². The van der Waals surface area contributed by atoms with Gasteiger partial charge in [-0.05, 0) is 36.8 Å². The van der Waals surface area contributed by atoms with Gasteiger partial charge in [0.25, 0.3) is 5.56 Å². The van der Waals surface area contributed by atoms with E-state index in [2.05, 4.69) is 10.00 Å². The van der Waals surface area contributed by atoms with E-state index in [1.54, 1.807) is 22.6 Å². The van der Waals surface area contributed by atoms with Crippen LogP contribution in [0.2, 0.25) is 0 Å². The Balaban J connectivity index is 1.18. The van der Waals surface area contributed by atoms with E-state index in [0.29, 0.717) is 35.0 Å². The number of thioether (sulfide) groups is 1. The molecule has 1 fully saturated rings. The molecule has 2 aliphatic heterocycles. The minimum Gasteiger partial charge on any atom is -0.495 e. The minimum absolute atomic E-state index is 0.0700.